The van der Waals surface area contributed by atoms with E-state index in [1.165, 1.54) is 5.56 Å². The number of nitrogens with zero attached hydrogens (tertiary/aromatic N) is 1. The lowest BCUT2D eigenvalue weighted by Crippen LogP contribution is -1.88. The van der Waals surface area contributed by atoms with E-state index >= 15 is 0 Å². The molecule has 0 radical (unpaired) electrons. The number of hydrogen-bond donors (Lipinski definition) is 0. The molecule has 0 bridgehead atoms. The Hall–Kier alpha value is -1.89. The predicted molar refractivity (Wildman–Crippen MR) is 96.6 cm³/mol. The van der Waals surface area contributed by atoms with Gasteiger partial charge in [0, 0.05) is 16.2 Å². The van der Waals surface area contributed by atoms with Gasteiger partial charge in [0.1, 0.15) is 16.5 Å². The summed E-state index contributed by atoms with van der Waals surface area (Å²) in [6.07, 6.45) is 0. The molecule has 24 heavy (non-hydrogen) atoms. The topological polar surface area (TPSA) is 56.3 Å². The summed E-state index contributed by atoms with van der Waals surface area (Å²) in [6.45, 7) is 3.65. The third kappa shape index (κ3) is 3.77. The van der Waals surface area contributed by atoms with Crippen LogP contribution in [0.15, 0.2) is 52.7 Å². The highest BCUT2D eigenvalue weighted by Crippen LogP contribution is 2.34. The number of aromatic nitrogens is 1. The molecule has 0 aliphatic heterocycles. The molecule has 0 aliphatic carbocycles. The van der Waals surface area contributed by atoms with Gasteiger partial charge in [0.2, 0.25) is 0 Å². The van der Waals surface area contributed by atoms with Crippen LogP contribution in [0.3, 0.4) is 0 Å². The lowest BCUT2D eigenvalue weighted by atomic mass is 10.2. The molecule has 3 rings (SSSR count). The van der Waals surface area contributed by atoms with Crippen molar-refractivity contribution in [1.82, 2.24) is 4.98 Å². The van der Waals surface area contributed by atoms with Crippen molar-refractivity contribution in [3.63, 3.8) is 0 Å². The third-order valence-electron chi connectivity index (χ3n) is 3.33. The summed E-state index contributed by atoms with van der Waals surface area (Å²) in [7, 11) is 1.64. The summed E-state index contributed by atoms with van der Waals surface area (Å²) < 4.78 is 28.8. The van der Waals surface area contributed by atoms with Crippen LogP contribution in [0.4, 0.5) is 0 Å². The molecule has 1 heterocycles. The summed E-state index contributed by atoms with van der Waals surface area (Å²) >= 11 is 1.06. The fraction of sp³-hybridized carbons (Fsp3) is 0.118. The molecule has 0 amide bonds. The van der Waals surface area contributed by atoms with Gasteiger partial charge in [-0.15, -0.1) is 11.3 Å². The molecule has 0 fully saturated rings. The number of rotatable bonds is 4. The first kappa shape index (κ1) is 17.0. The van der Waals surface area contributed by atoms with E-state index in [0.29, 0.717) is 16.5 Å². The first-order chi connectivity index (χ1) is 11.3. The van der Waals surface area contributed by atoms with Gasteiger partial charge in [-0.25, -0.2) is 13.4 Å². The Balaban J connectivity index is 1.83. The Bertz CT molecular complexity index is 962. The average molecular weight is 380 g/mol. The number of aryl methyl sites for hydroxylation is 2. The second-order valence-electron chi connectivity index (χ2n) is 5.27. The highest BCUT2D eigenvalue weighted by atomic mass is 35.7. The number of ether oxygens (including phenoxy) is 1. The van der Waals surface area contributed by atoms with E-state index < -0.39 is 9.05 Å². The molecule has 0 unspecified atom stereocenters. The summed E-state index contributed by atoms with van der Waals surface area (Å²) in [5, 5.41) is 0.605. The van der Waals surface area contributed by atoms with Crippen LogP contribution in [-0.2, 0) is 9.05 Å². The lowest BCUT2D eigenvalue weighted by molar-refractivity contribution is 0.482. The SMILES string of the molecule is Cc1ccc(Oc2ccc(-c3nc(C)c(S(=O)(=O)Cl)s3)cc2)cc1. The van der Waals surface area contributed by atoms with Gasteiger partial charge in [-0.1, -0.05) is 17.7 Å². The Morgan fingerprint density at radius 2 is 1.50 bits per heavy atom. The summed E-state index contributed by atoms with van der Waals surface area (Å²) in [5.41, 5.74) is 2.39. The van der Waals surface area contributed by atoms with Crippen LogP contribution >= 0.6 is 22.0 Å². The normalized spacial score (nSPS) is 11.5. The van der Waals surface area contributed by atoms with E-state index in [1.807, 2.05) is 55.5 Å². The van der Waals surface area contributed by atoms with E-state index in [1.54, 1.807) is 6.92 Å². The van der Waals surface area contributed by atoms with Crippen LogP contribution < -0.4 is 4.74 Å². The van der Waals surface area contributed by atoms with Crippen LogP contribution in [-0.4, -0.2) is 13.4 Å². The van der Waals surface area contributed by atoms with Crippen LogP contribution in [0.25, 0.3) is 10.6 Å². The fourth-order valence-electron chi connectivity index (χ4n) is 2.14. The highest BCUT2D eigenvalue weighted by Gasteiger charge is 2.19. The molecule has 0 atom stereocenters. The van der Waals surface area contributed by atoms with Crippen molar-refractivity contribution >= 4 is 31.1 Å². The minimum absolute atomic E-state index is 0.0825. The molecule has 0 aliphatic rings. The van der Waals surface area contributed by atoms with Crippen molar-refractivity contribution in [3.05, 3.63) is 59.8 Å². The standard InChI is InChI=1S/C17H14ClNO3S2/c1-11-3-7-14(8-4-11)22-15-9-5-13(6-10-15)16-19-12(2)17(23-16)24(18,20)21/h3-10H,1-2H3. The van der Waals surface area contributed by atoms with E-state index in [2.05, 4.69) is 4.98 Å². The first-order valence-corrected chi connectivity index (χ1v) is 10.2. The Labute approximate surface area is 149 Å². The molecule has 0 spiro atoms. The molecule has 0 N–H and O–H groups in total. The second-order valence-corrected chi connectivity index (χ2v) is 9.03. The van der Waals surface area contributed by atoms with Crippen LogP contribution in [0, 0.1) is 13.8 Å². The van der Waals surface area contributed by atoms with Gasteiger partial charge >= 0.3 is 0 Å². The third-order valence-corrected chi connectivity index (χ3v) is 6.72. The fourth-order valence-corrected chi connectivity index (χ4v) is 4.60. The van der Waals surface area contributed by atoms with Crippen molar-refractivity contribution in [2.45, 2.75) is 18.1 Å². The largest absolute Gasteiger partial charge is 0.457 e. The van der Waals surface area contributed by atoms with E-state index in [4.69, 9.17) is 15.4 Å². The number of benzene rings is 2. The van der Waals surface area contributed by atoms with E-state index in [9.17, 15) is 8.42 Å². The molecule has 0 saturated carbocycles. The van der Waals surface area contributed by atoms with Gasteiger partial charge in [-0.3, -0.25) is 0 Å². The van der Waals surface area contributed by atoms with Crippen molar-refractivity contribution < 1.29 is 13.2 Å². The Morgan fingerprint density at radius 3 is 2.00 bits per heavy atom. The summed E-state index contributed by atoms with van der Waals surface area (Å²) in [6, 6.07) is 15.1. The van der Waals surface area contributed by atoms with Crippen molar-refractivity contribution in [3.8, 4) is 22.1 Å². The molecular weight excluding hydrogens is 366 g/mol. The molecule has 7 heteroatoms. The maximum Gasteiger partial charge on any atom is 0.272 e. The van der Waals surface area contributed by atoms with Gasteiger partial charge in [-0.05, 0) is 50.2 Å². The molecule has 2 aromatic carbocycles. The number of hydrogen-bond acceptors (Lipinski definition) is 5. The highest BCUT2D eigenvalue weighted by molar-refractivity contribution is 8.15. The van der Waals surface area contributed by atoms with Gasteiger partial charge in [0.25, 0.3) is 9.05 Å². The zero-order chi connectivity index (χ0) is 17.3. The summed E-state index contributed by atoms with van der Waals surface area (Å²) in [5.74, 6) is 1.45. The van der Waals surface area contributed by atoms with Gasteiger partial charge < -0.3 is 4.74 Å². The molecule has 1 aromatic heterocycles. The Kier molecular flexibility index (Phi) is 4.62. The minimum Gasteiger partial charge on any atom is -0.457 e. The van der Waals surface area contributed by atoms with Crippen molar-refractivity contribution in [1.29, 1.82) is 0 Å². The zero-order valence-electron chi connectivity index (χ0n) is 13.0. The number of halogens is 1. The van der Waals surface area contributed by atoms with Crippen LogP contribution in [0.5, 0.6) is 11.5 Å². The summed E-state index contributed by atoms with van der Waals surface area (Å²) in [4.78, 5) is 4.28. The van der Waals surface area contributed by atoms with Gasteiger partial charge in [0.15, 0.2) is 4.21 Å². The quantitative estimate of drug-likeness (QED) is 0.588. The van der Waals surface area contributed by atoms with E-state index in [-0.39, 0.29) is 4.21 Å². The number of thiazole rings is 1. The van der Waals surface area contributed by atoms with Crippen molar-refractivity contribution in [2.24, 2.45) is 0 Å². The second kappa shape index (κ2) is 6.55. The van der Waals surface area contributed by atoms with Crippen molar-refractivity contribution in [2.75, 3.05) is 0 Å². The van der Waals surface area contributed by atoms with Crippen LogP contribution in [0.1, 0.15) is 11.3 Å². The maximum atomic E-state index is 11.5. The smallest absolute Gasteiger partial charge is 0.272 e. The molecule has 3 aromatic rings. The van der Waals surface area contributed by atoms with E-state index in [0.717, 1.165) is 22.6 Å². The van der Waals surface area contributed by atoms with Gasteiger partial charge in [-0.2, -0.15) is 0 Å². The first-order valence-electron chi connectivity index (χ1n) is 7.10. The lowest BCUT2D eigenvalue weighted by Gasteiger charge is -2.06. The van der Waals surface area contributed by atoms with Crippen LogP contribution in [0.2, 0.25) is 0 Å². The minimum atomic E-state index is -3.77. The Morgan fingerprint density at radius 1 is 0.958 bits per heavy atom. The molecule has 124 valence electrons. The van der Waals surface area contributed by atoms with Gasteiger partial charge in [0.05, 0.1) is 5.69 Å². The molecule has 0 saturated heterocycles. The monoisotopic (exact) mass is 379 g/mol. The zero-order valence-corrected chi connectivity index (χ0v) is 15.4. The maximum absolute atomic E-state index is 11.5. The molecular formula is C17H14ClNO3S2. The molecule has 4 nitrogen and oxygen atoms in total. The average Bonchev–Trinajstić information content (AvgIpc) is 2.92. The predicted octanol–water partition coefficient (Wildman–Crippen LogP) is 5.15.